The van der Waals surface area contributed by atoms with Crippen LogP contribution in [0.15, 0.2) is 24.3 Å². The summed E-state index contributed by atoms with van der Waals surface area (Å²) in [5, 5.41) is 1.89. The third-order valence-corrected chi connectivity index (χ3v) is 2.19. The second-order valence-corrected chi connectivity index (χ2v) is 3.14. The van der Waals surface area contributed by atoms with Gasteiger partial charge in [-0.05, 0) is 17.5 Å². The monoisotopic (exact) mass is 163 g/mol. The van der Waals surface area contributed by atoms with Crippen LogP contribution in [0.3, 0.4) is 0 Å². The molecule has 0 spiro atoms. The van der Waals surface area contributed by atoms with E-state index in [1.54, 1.807) is 0 Å². The van der Waals surface area contributed by atoms with Crippen molar-refractivity contribution < 1.29 is 4.84 Å². The molecule has 0 aromatic heterocycles. The van der Waals surface area contributed by atoms with Gasteiger partial charge in [-0.3, -0.25) is 4.84 Å². The van der Waals surface area contributed by atoms with Gasteiger partial charge < -0.3 is 0 Å². The van der Waals surface area contributed by atoms with Gasteiger partial charge in [0.15, 0.2) is 0 Å². The maximum absolute atomic E-state index is 5.42. The third kappa shape index (κ3) is 1.49. The van der Waals surface area contributed by atoms with Crippen LogP contribution in [0.4, 0.5) is 0 Å². The molecule has 0 radical (unpaired) electrons. The van der Waals surface area contributed by atoms with Gasteiger partial charge in [-0.2, -0.15) is 5.06 Å². The Morgan fingerprint density at radius 1 is 1.25 bits per heavy atom. The number of hydrogen-bond acceptors (Lipinski definition) is 2. The SMILES string of the molecule is CN1Cc2ccccc2CCO1. The smallest absolute Gasteiger partial charge is 0.0725 e. The predicted octanol–water partition coefficient (Wildman–Crippen LogP) is 1.61. The third-order valence-electron chi connectivity index (χ3n) is 2.19. The summed E-state index contributed by atoms with van der Waals surface area (Å²) in [5.74, 6) is 0. The standard InChI is InChI=1S/C10H13NO/c1-11-8-10-5-3-2-4-9(10)6-7-12-11/h2-5H,6-8H2,1H3. The zero-order chi connectivity index (χ0) is 8.39. The molecule has 0 unspecified atom stereocenters. The Morgan fingerprint density at radius 2 is 2.00 bits per heavy atom. The van der Waals surface area contributed by atoms with E-state index in [9.17, 15) is 0 Å². The number of nitrogens with zero attached hydrogens (tertiary/aromatic N) is 1. The van der Waals surface area contributed by atoms with Gasteiger partial charge in [0.25, 0.3) is 0 Å². The fraction of sp³-hybridized carbons (Fsp3) is 0.400. The predicted molar refractivity (Wildman–Crippen MR) is 47.6 cm³/mol. The van der Waals surface area contributed by atoms with Crippen molar-refractivity contribution >= 4 is 0 Å². The molecule has 1 aromatic carbocycles. The number of benzene rings is 1. The topological polar surface area (TPSA) is 12.5 Å². The Labute approximate surface area is 72.7 Å². The van der Waals surface area contributed by atoms with Crippen molar-refractivity contribution in [2.24, 2.45) is 0 Å². The first kappa shape index (κ1) is 7.77. The number of fused-ring (bicyclic) bond motifs is 1. The molecule has 0 saturated carbocycles. The van der Waals surface area contributed by atoms with Gasteiger partial charge in [-0.15, -0.1) is 0 Å². The van der Waals surface area contributed by atoms with E-state index >= 15 is 0 Å². The molecule has 12 heavy (non-hydrogen) atoms. The Hall–Kier alpha value is -0.860. The van der Waals surface area contributed by atoms with Crippen molar-refractivity contribution in [3.05, 3.63) is 35.4 Å². The molecule has 0 bridgehead atoms. The van der Waals surface area contributed by atoms with E-state index in [1.165, 1.54) is 11.1 Å². The lowest BCUT2D eigenvalue weighted by Crippen LogP contribution is -2.16. The van der Waals surface area contributed by atoms with Gasteiger partial charge in [0.1, 0.15) is 0 Å². The molecule has 1 aromatic rings. The molecule has 0 N–H and O–H groups in total. The fourth-order valence-electron chi connectivity index (χ4n) is 1.55. The van der Waals surface area contributed by atoms with E-state index in [1.807, 2.05) is 12.1 Å². The molecule has 0 fully saturated rings. The fourth-order valence-corrected chi connectivity index (χ4v) is 1.55. The molecule has 1 heterocycles. The molecule has 0 aliphatic carbocycles. The first-order valence-electron chi connectivity index (χ1n) is 4.27. The highest BCUT2D eigenvalue weighted by Crippen LogP contribution is 2.15. The molecule has 64 valence electrons. The van der Waals surface area contributed by atoms with E-state index in [0.717, 1.165) is 19.6 Å². The average molecular weight is 163 g/mol. The van der Waals surface area contributed by atoms with Crippen molar-refractivity contribution in [2.75, 3.05) is 13.7 Å². The van der Waals surface area contributed by atoms with Gasteiger partial charge in [0, 0.05) is 13.6 Å². The molecule has 0 saturated heterocycles. The summed E-state index contributed by atoms with van der Waals surface area (Å²) in [5.41, 5.74) is 2.80. The molecule has 1 aliphatic rings. The van der Waals surface area contributed by atoms with Crippen molar-refractivity contribution in [1.82, 2.24) is 5.06 Å². The molecule has 0 amide bonds. The number of rotatable bonds is 0. The van der Waals surface area contributed by atoms with Crippen LogP contribution in [0, 0.1) is 0 Å². The van der Waals surface area contributed by atoms with Crippen molar-refractivity contribution in [3.8, 4) is 0 Å². The minimum atomic E-state index is 0.799. The molecular weight excluding hydrogens is 150 g/mol. The summed E-state index contributed by atoms with van der Waals surface area (Å²) in [6, 6.07) is 8.51. The lowest BCUT2D eigenvalue weighted by Gasteiger charge is -2.12. The van der Waals surface area contributed by atoms with Crippen LogP contribution >= 0.6 is 0 Å². The second kappa shape index (κ2) is 3.25. The van der Waals surface area contributed by atoms with Gasteiger partial charge in [0.05, 0.1) is 6.61 Å². The zero-order valence-electron chi connectivity index (χ0n) is 7.29. The summed E-state index contributed by atoms with van der Waals surface area (Å²) in [6.45, 7) is 1.70. The number of hydrogen-bond donors (Lipinski definition) is 0. The van der Waals surface area contributed by atoms with Gasteiger partial charge >= 0.3 is 0 Å². The Balaban J connectivity index is 2.31. The van der Waals surface area contributed by atoms with E-state index in [0.29, 0.717) is 0 Å². The minimum absolute atomic E-state index is 0.799. The minimum Gasteiger partial charge on any atom is -0.299 e. The second-order valence-electron chi connectivity index (χ2n) is 3.14. The van der Waals surface area contributed by atoms with Gasteiger partial charge in [0.2, 0.25) is 0 Å². The molecule has 2 heteroatoms. The number of hydroxylamine groups is 2. The van der Waals surface area contributed by atoms with Gasteiger partial charge in [-0.25, -0.2) is 0 Å². The highest BCUT2D eigenvalue weighted by molar-refractivity contribution is 5.27. The summed E-state index contributed by atoms with van der Waals surface area (Å²) in [6.07, 6.45) is 1.03. The van der Waals surface area contributed by atoms with Crippen molar-refractivity contribution in [3.63, 3.8) is 0 Å². The first-order chi connectivity index (χ1) is 5.86. The quantitative estimate of drug-likeness (QED) is 0.576. The summed E-state index contributed by atoms with van der Waals surface area (Å²) in [4.78, 5) is 5.42. The highest BCUT2D eigenvalue weighted by atomic mass is 16.7. The highest BCUT2D eigenvalue weighted by Gasteiger charge is 2.09. The Kier molecular flexibility index (Phi) is 2.11. The van der Waals surface area contributed by atoms with Crippen LogP contribution in [0.25, 0.3) is 0 Å². The molecule has 0 atom stereocenters. The van der Waals surface area contributed by atoms with Crippen molar-refractivity contribution in [2.45, 2.75) is 13.0 Å². The molecule has 2 nitrogen and oxygen atoms in total. The lowest BCUT2D eigenvalue weighted by molar-refractivity contribution is -0.141. The van der Waals surface area contributed by atoms with Crippen LogP contribution in [0.2, 0.25) is 0 Å². The molecule has 2 rings (SSSR count). The van der Waals surface area contributed by atoms with Crippen LogP contribution in [-0.2, 0) is 17.8 Å². The van der Waals surface area contributed by atoms with Gasteiger partial charge in [-0.1, -0.05) is 24.3 Å². The van der Waals surface area contributed by atoms with E-state index in [2.05, 4.69) is 24.3 Å². The zero-order valence-corrected chi connectivity index (χ0v) is 7.29. The summed E-state index contributed by atoms with van der Waals surface area (Å²) in [7, 11) is 1.97. The van der Waals surface area contributed by atoms with Crippen LogP contribution in [0.5, 0.6) is 0 Å². The lowest BCUT2D eigenvalue weighted by atomic mass is 10.1. The Morgan fingerprint density at radius 3 is 2.83 bits per heavy atom. The van der Waals surface area contributed by atoms with E-state index in [4.69, 9.17) is 4.84 Å². The maximum Gasteiger partial charge on any atom is 0.0725 e. The Bertz CT molecular complexity index is 272. The normalized spacial score (nSPS) is 18.4. The largest absolute Gasteiger partial charge is 0.299 e. The average Bonchev–Trinajstić information content (AvgIpc) is 2.25. The van der Waals surface area contributed by atoms with Crippen molar-refractivity contribution in [1.29, 1.82) is 0 Å². The molecule has 1 aliphatic heterocycles. The van der Waals surface area contributed by atoms with Crippen LogP contribution in [0.1, 0.15) is 11.1 Å². The summed E-state index contributed by atoms with van der Waals surface area (Å²) >= 11 is 0. The van der Waals surface area contributed by atoms with Crippen LogP contribution < -0.4 is 0 Å². The van der Waals surface area contributed by atoms with E-state index < -0.39 is 0 Å². The van der Waals surface area contributed by atoms with E-state index in [-0.39, 0.29) is 0 Å². The molecular formula is C10H13NO. The first-order valence-corrected chi connectivity index (χ1v) is 4.27. The van der Waals surface area contributed by atoms with Crippen LogP contribution in [-0.4, -0.2) is 18.7 Å². The summed E-state index contributed by atoms with van der Waals surface area (Å²) < 4.78 is 0. The maximum atomic E-state index is 5.42.